The highest BCUT2D eigenvalue weighted by atomic mass is 16.5. The van der Waals surface area contributed by atoms with Crippen LogP contribution in [0.4, 0.5) is 0 Å². The average Bonchev–Trinajstić information content (AvgIpc) is 2.81. The molecule has 6 nitrogen and oxygen atoms in total. The first-order valence-electron chi connectivity index (χ1n) is 10.9. The minimum absolute atomic E-state index is 0.161. The van der Waals surface area contributed by atoms with Gasteiger partial charge < -0.3 is 14.8 Å². The van der Waals surface area contributed by atoms with Gasteiger partial charge in [0.05, 0.1) is 18.6 Å². The van der Waals surface area contributed by atoms with Crippen LogP contribution in [0.25, 0.3) is 11.1 Å². The number of carbonyl (C=O) groups excluding carboxylic acids is 1. The van der Waals surface area contributed by atoms with Gasteiger partial charge in [-0.25, -0.2) is 0 Å². The summed E-state index contributed by atoms with van der Waals surface area (Å²) in [4.78, 5) is 19.8. The molecule has 0 spiro atoms. The third-order valence-electron chi connectivity index (χ3n) is 6.23. The normalized spacial score (nSPS) is 19.3. The predicted octanol–water partition coefficient (Wildman–Crippen LogP) is 2.54. The maximum Gasteiger partial charge on any atom is 0.226 e. The molecule has 1 aromatic heterocycles. The van der Waals surface area contributed by atoms with Crippen LogP contribution in [0.15, 0.2) is 48.8 Å². The number of nitrogens with one attached hydrogen (secondary N) is 1. The zero-order valence-corrected chi connectivity index (χ0v) is 17.5. The molecule has 1 N–H and O–H groups in total. The van der Waals surface area contributed by atoms with Crippen LogP contribution in [0, 0.1) is 5.41 Å². The Hall–Kier alpha value is -2.28. The lowest BCUT2D eigenvalue weighted by molar-refractivity contribution is -0.136. The largest absolute Gasteiger partial charge is 0.381 e. The van der Waals surface area contributed by atoms with E-state index < -0.39 is 5.41 Å². The molecule has 2 saturated heterocycles. The molecule has 2 fully saturated rings. The first kappa shape index (κ1) is 21.0. The van der Waals surface area contributed by atoms with E-state index in [1.54, 1.807) is 0 Å². The van der Waals surface area contributed by atoms with Gasteiger partial charge in [0, 0.05) is 51.8 Å². The van der Waals surface area contributed by atoms with Gasteiger partial charge in [-0.1, -0.05) is 24.3 Å². The van der Waals surface area contributed by atoms with E-state index in [1.807, 2.05) is 24.5 Å². The lowest BCUT2D eigenvalue weighted by atomic mass is 9.74. The van der Waals surface area contributed by atoms with Crippen molar-refractivity contribution in [2.24, 2.45) is 5.41 Å². The van der Waals surface area contributed by atoms with E-state index in [1.165, 1.54) is 5.56 Å². The van der Waals surface area contributed by atoms with Crippen LogP contribution in [-0.2, 0) is 20.7 Å². The zero-order valence-electron chi connectivity index (χ0n) is 17.5. The molecular formula is C24H31N3O3. The molecular weight excluding hydrogens is 378 g/mol. The minimum atomic E-state index is -0.403. The van der Waals surface area contributed by atoms with Crippen LogP contribution >= 0.6 is 0 Å². The zero-order chi connectivity index (χ0) is 20.7. The highest BCUT2D eigenvalue weighted by Crippen LogP contribution is 2.35. The number of ether oxygens (including phenoxy) is 2. The number of pyridine rings is 1. The van der Waals surface area contributed by atoms with E-state index in [9.17, 15) is 4.79 Å². The van der Waals surface area contributed by atoms with Crippen LogP contribution in [0.2, 0.25) is 0 Å². The second-order valence-electron chi connectivity index (χ2n) is 8.22. The summed E-state index contributed by atoms with van der Waals surface area (Å²) in [6.45, 7) is 6.28. The lowest BCUT2D eigenvalue weighted by Gasteiger charge is -2.36. The fraction of sp³-hybridized carbons (Fsp3) is 0.500. The quantitative estimate of drug-likeness (QED) is 0.761. The van der Waals surface area contributed by atoms with Crippen molar-refractivity contribution in [1.82, 2.24) is 15.2 Å². The highest BCUT2D eigenvalue weighted by Gasteiger charge is 2.40. The SMILES string of the molecule is O=C(NCCN1CCOCC1)C1(Cc2cccc(-c3ccncc3)c2)CCOCC1. The molecule has 6 heteroatoms. The van der Waals surface area contributed by atoms with Gasteiger partial charge in [-0.2, -0.15) is 0 Å². The molecule has 2 aliphatic rings. The van der Waals surface area contributed by atoms with E-state index >= 15 is 0 Å². The summed E-state index contributed by atoms with van der Waals surface area (Å²) in [6, 6.07) is 12.5. The van der Waals surface area contributed by atoms with Crippen molar-refractivity contribution >= 4 is 5.91 Å². The Labute approximate surface area is 178 Å². The Balaban J connectivity index is 1.43. The van der Waals surface area contributed by atoms with Gasteiger partial charge >= 0.3 is 0 Å². The first-order chi connectivity index (χ1) is 14.8. The first-order valence-corrected chi connectivity index (χ1v) is 10.9. The maximum absolute atomic E-state index is 13.3. The number of hydrogen-bond acceptors (Lipinski definition) is 5. The Kier molecular flexibility index (Phi) is 7.10. The molecule has 0 aliphatic carbocycles. The summed E-state index contributed by atoms with van der Waals surface area (Å²) in [5, 5.41) is 3.22. The number of hydrogen-bond donors (Lipinski definition) is 1. The number of benzene rings is 1. The van der Waals surface area contributed by atoms with Crippen LogP contribution in [0.5, 0.6) is 0 Å². The van der Waals surface area contributed by atoms with E-state index in [4.69, 9.17) is 9.47 Å². The summed E-state index contributed by atoms with van der Waals surface area (Å²) in [5.74, 6) is 0.161. The highest BCUT2D eigenvalue weighted by molar-refractivity contribution is 5.83. The fourth-order valence-corrected chi connectivity index (χ4v) is 4.38. The van der Waals surface area contributed by atoms with E-state index in [0.717, 1.165) is 63.2 Å². The average molecular weight is 410 g/mol. The molecule has 1 aromatic carbocycles. The van der Waals surface area contributed by atoms with E-state index in [2.05, 4.69) is 39.5 Å². The third-order valence-corrected chi connectivity index (χ3v) is 6.23. The molecule has 0 atom stereocenters. The van der Waals surface area contributed by atoms with Crippen molar-refractivity contribution in [3.8, 4) is 11.1 Å². The predicted molar refractivity (Wildman–Crippen MR) is 116 cm³/mol. The lowest BCUT2D eigenvalue weighted by Crippen LogP contribution is -2.48. The summed E-state index contributed by atoms with van der Waals surface area (Å²) in [6.07, 6.45) is 5.87. The second-order valence-corrected chi connectivity index (χ2v) is 8.22. The Morgan fingerprint density at radius 2 is 1.73 bits per heavy atom. The monoisotopic (exact) mass is 409 g/mol. The van der Waals surface area contributed by atoms with Gasteiger partial charge in [0.25, 0.3) is 0 Å². The van der Waals surface area contributed by atoms with Crippen LogP contribution in [-0.4, -0.2) is 68.4 Å². The smallest absolute Gasteiger partial charge is 0.226 e. The van der Waals surface area contributed by atoms with Crippen molar-refractivity contribution in [2.75, 3.05) is 52.6 Å². The van der Waals surface area contributed by atoms with E-state index in [0.29, 0.717) is 19.8 Å². The van der Waals surface area contributed by atoms with Gasteiger partial charge in [0.15, 0.2) is 0 Å². The second kappa shape index (κ2) is 10.2. The summed E-state index contributed by atoms with van der Waals surface area (Å²) >= 11 is 0. The molecule has 0 bridgehead atoms. The number of aromatic nitrogens is 1. The van der Waals surface area contributed by atoms with Crippen LogP contribution < -0.4 is 5.32 Å². The number of amides is 1. The van der Waals surface area contributed by atoms with Crippen LogP contribution in [0.3, 0.4) is 0 Å². The molecule has 2 aromatic rings. The number of carbonyl (C=O) groups is 1. The van der Waals surface area contributed by atoms with E-state index in [-0.39, 0.29) is 5.91 Å². The van der Waals surface area contributed by atoms with Crippen molar-refractivity contribution in [2.45, 2.75) is 19.3 Å². The van der Waals surface area contributed by atoms with Crippen LogP contribution in [0.1, 0.15) is 18.4 Å². The molecule has 1 amide bonds. The van der Waals surface area contributed by atoms with Gasteiger partial charge in [-0.15, -0.1) is 0 Å². The maximum atomic E-state index is 13.3. The Bertz CT molecular complexity index is 815. The van der Waals surface area contributed by atoms with Gasteiger partial charge in [-0.3, -0.25) is 14.7 Å². The Morgan fingerprint density at radius 1 is 1.00 bits per heavy atom. The minimum Gasteiger partial charge on any atom is -0.381 e. The van der Waals surface area contributed by atoms with Crippen molar-refractivity contribution < 1.29 is 14.3 Å². The summed E-state index contributed by atoms with van der Waals surface area (Å²) < 4.78 is 11.0. The summed E-state index contributed by atoms with van der Waals surface area (Å²) in [5.41, 5.74) is 3.09. The van der Waals surface area contributed by atoms with Gasteiger partial charge in [0.2, 0.25) is 5.91 Å². The molecule has 0 unspecified atom stereocenters. The summed E-state index contributed by atoms with van der Waals surface area (Å²) in [7, 11) is 0. The van der Waals surface area contributed by atoms with Crippen molar-refractivity contribution in [3.63, 3.8) is 0 Å². The topological polar surface area (TPSA) is 63.7 Å². The molecule has 2 aliphatic heterocycles. The van der Waals surface area contributed by atoms with Gasteiger partial charge in [-0.05, 0) is 48.1 Å². The molecule has 160 valence electrons. The molecule has 30 heavy (non-hydrogen) atoms. The molecule has 3 heterocycles. The fourth-order valence-electron chi connectivity index (χ4n) is 4.38. The third kappa shape index (κ3) is 5.25. The number of nitrogens with zero attached hydrogens (tertiary/aromatic N) is 2. The number of rotatable bonds is 7. The van der Waals surface area contributed by atoms with Crippen molar-refractivity contribution in [1.29, 1.82) is 0 Å². The molecule has 0 saturated carbocycles. The molecule has 4 rings (SSSR count). The Morgan fingerprint density at radius 3 is 2.50 bits per heavy atom. The number of morpholine rings is 1. The standard InChI is InChI=1S/C24H31N3O3/c28-23(26-10-11-27-12-16-30-17-13-27)24(6-14-29-15-7-24)19-20-2-1-3-22(18-20)21-4-8-25-9-5-21/h1-5,8-9,18H,6-7,10-17,19H2,(H,26,28). The molecule has 0 radical (unpaired) electrons. The van der Waals surface area contributed by atoms with Gasteiger partial charge in [0.1, 0.15) is 0 Å². The van der Waals surface area contributed by atoms with Crippen molar-refractivity contribution in [3.05, 3.63) is 54.4 Å².